The predicted octanol–water partition coefficient (Wildman–Crippen LogP) is 21.4. The number of benzene rings is 16. The van der Waals surface area contributed by atoms with Crippen LogP contribution in [0.1, 0.15) is 0 Å². The van der Waals surface area contributed by atoms with E-state index in [2.05, 4.69) is 317 Å². The van der Waals surface area contributed by atoms with Gasteiger partial charge in [-0.3, -0.25) is 0 Å². The second kappa shape index (κ2) is 19.1. The summed E-state index contributed by atoms with van der Waals surface area (Å²) in [4.78, 5) is 0. The normalized spacial score (nSPS) is 13.6. The van der Waals surface area contributed by atoms with Crippen LogP contribution in [0, 0.1) is 0 Å². The molecule has 0 nitrogen and oxygen atoms in total. The first-order valence-corrected chi connectivity index (χ1v) is 37.2. The molecule has 2 heterocycles. The number of fused-ring (bicyclic) bond motifs is 16. The van der Waals surface area contributed by atoms with E-state index in [1.165, 1.54) is 164 Å². The molecule has 0 N–H and O–H groups in total. The monoisotopic (exact) mass is 1150 g/mol. The van der Waals surface area contributed by atoms with E-state index in [-0.39, 0.29) is 0 Å². The average molecular weight is 1150 g/mol. The van der Waals surface area contributed by atoms with Crippen LogP contribution in [0.2, 0.25) is 26.2 Å². The molecule has 0 aliphatic carbocycles. The quantitative estimate of drug-likeness (QED) is 0.115. The largest absolute Gasteiger partial charge is 0.113 e. The van der Waals surface area contributed by atoms with Crippen LogP contribution >= 0.6 is 0 Å². The van der Waals surface area contributed by atoms with Gasteiger partial charge in [-0.1, -0.05) is 317 Å². The highest BCUT2D eigenvalue weighted by Gasteiger charge is 2.49. The predicted molar refractivity (Wildman–Crippen MR) is 386 cm³/mol. The van der Waals surface area contributed by atoms with Crippen molar-refractivity contribution in [2.24, 2.45) is 0 Å². The molecule has 0 fully saturated rings. The Balaban J connectivity index is 0.801. The highest BCUT2D eigenvalue weighted by molar-refractivity contribution is 7.13. The minimum Gasteiger partial charge on any atom is -0.0616 e. The van der Waals surface area contributed by atoms with Gasteiger partial charge < -0.3 is 0 Å². The minimum atomic E-state index is -2.41. The summed E-state index contributed by atoms with van der Waals surface area (Å²) in [7, 11) is -4.82. The molecule has 0 atom stereocenters. The van der Waals surface area contributed by atoms with Gasteiger partial charge in [-0.2, -0.15) is 0 Å². The van der Waals surface area contributed by atoms with Crippen LogP contribution < -0.4 is 20.7 Å². The third-order valence-corrected chi connectivity index (χ3v) is 27.7. The van der Waals surface area contributed by atoms with Crippen molar-refractivity contribution in [1.82, 2.24) is 0 Å². The van der Waals surface area contributed by atoms with Crippen molar-refractivity contribution < 1.29 is 0 Å². The van der Waals surface area contributed by atoms with E-state index in [4.69, 9.17) is 0 Å². The Kier molecular flexibility index (Phi) is 11.1. The lowest BCUT2D eigenvalue weighted by Gasteiger charge is -2.29. The zero-order valence-corrected chi connectivity index (χ0v) is 51.7. The smallest absolute Gasteiger partial charge is 0.0616 e. The van der Waals surface area contributed by atoms with Crippen molar-refractivity contribution in [3.8, 4) is 89.0 Å². The summed E-state index contributed by atoms with van der Waals surface area (Å²) >= 11 is 0. The van der Waals surface area contributed by atoms with Crippen LogP contribution in [0.5, 0.6) is 0 Å². The summed E-state index contributed by atoms with van der Waals surface area (Å²) in [5.41, 5.74) is 21.1. The molecule has 0 amide bonds. The molecule has 0 saturated carbocycles. The summed E-state index contributed by atoms with van der Waals surface area (Å²) in [5.74, 6) is 0. The van der Waals surface area contributed by atoms with Crippen LogP contribution in [-0.2, 0) is 0 Å². The molecule has 2 heteroatoms. The molecule has 0 spiro atoms. The van der Waals surface area contributed by atoms with E-state index in [0.29, 0.717) is 0 Å². The molecule has 0 unspecified atom stereocenters. The highest BCUT2D eigenvalue weighted by atomic mass is 28.3. The molecule has 0 bridgehead atoms. The standard InChI is InChI=1S/C86H60Si2/c1-87(2)77-51-55(79-65-35-13-17-39-69(65)81(70-40-18-14-36-66(70)79)63-33-11-9-31-61(63)59-45-23-27-53-25-5-7-29-57(53)59)47-49-75(77)83-73-43-21-22-44-74(73)84-76-50-48-56(52-78(76)88(3,4)86(84)85(83)87)80-67-37-15-19-41-71(67)82(72-42-20-16-38-68(72)80)64-34-12-10-32-62(64)60-46-24-28-54-26-6-8-30-58(54)60/h5-52H,1-4H3. The lowest BCUT2D eigenvalue weighted by atomic mass is 9.83. The molecule has 16 aromatic carbocycles. The Labute approximate surface area is 515 Å². The molecule has 2 aliphatic heterocycles. The summed E-state index contributed by atoms with van der Waals surface area (Å²) in [6.45, 7) is 10.7. The third kappa shape index (κ3) is 7.19. The first-order chi connectivity index (χ1) is 43.2. The second-order valence-corrected chi connectivity index (χ2v) is 34.2. The van der Waals surface area contributed by atoms with Gasteiger partial charge in [-0.25, -0.2) is 0 Å². The van der Waals surface area contributed by atoms with E-state index in [1.54, 1.807) is 20.7 Å². The molecular formula is C86H60Si2. The van der Waals surface area contributed by atoms with Crippen LogP contribution in [0.4, 0.5) is 0 Å². The Morgan fingerprint density at radius 3 is 0.773 bits per heavy atom. The maximum absolute atomic E-state index is 2.66. The SMILES string of the molecule is C[Si]1(C)c2cc(-c3c4ccccc4c(-c4ccccc4-c4cccc5ccccc45)c4ccccc34)ccc2-c2c1c1c(c3ccccc23)-c2ccc(-c3c4ccccc4c(-c4ccccc4-c4cccc5ccccc45)c4ccccc34)cc2[Si]1(C)C. The van der Waals surface area contributed by atoms with Gasteiger partial charge in [0.15, 0.2) is 0 Å². The molecule has 0 radical (unpaired) electrons. The maximum atomic E-state index is 2.66. The minimum absolute atomic E-state index is 1.25. The topological polar surface area (TPSA) is 0 Å². The van der Waals surface area contributed by atoms with Crippen molar-refractivity contribution >= 4 is 112 Å². The van der Waals surface area contributed by atoms with Crippen molar-refractivity contribution in [2.75, 3.05) is 0 Å². The second-order valence-electron chi connectivity index (χ2n) is 25.6. The van der Waals surface area contributed by atoms with E-state index >= 15 is 0 Å². The van der Waals surface area contributed by atoms with Crippen molar-refractivity contribution in [3.63, 3.8) is 0 Å². The first-order valence-electron chi connectivity index (χ1n) is 31.2. The number of rotatable bonds is 6. The van der Waals surface area contributed by atoms with E-state index in [1.807, 2.05) is 0 Å². The summed E-state index contributed by atoms with van der Waals surface area (Å²) < 4.78 is 0. The summed E-state index contributed by atoms with van der Waals surface area (Å²) in [6, 6.07) is 111. The number of hydrogen-bond acceptors (Lipinski definition) is 0. The summed E-state index contributed by atoms with van der Waals surface area (Å²) in [5, 5.41) is 24.4. The lowest BCUT2D eigenvalue weighted by Crippen LogP contribution is -2.63. The van der Waals surface area contributed by atoms with Gasteiger partial charge in [0, 0.05) is 0 Å². The van der Waals surface area contributed by atoms with Crippen molar-refractivity contribution in [3.05, 3.63) is 291 Å². The molecule has 2 aliphatic rings. The van der Waals surface area contributed by atoms with Gasteiger partial charge in [0.25, 0.3) is 0 Å². The third-order valence-electron chi connectivity index (χ3n) is 20.4. The summed E-state index contributed by atoms with van der Waals surface area (Å²) in [6.07, 6.45) is 0. The number of hydrogen-bond donors (Lipinski definition) is 0. The fourth-order valence-corrected chi connectivity index (χ4v) is 25.1. The van der Waals surface area contributed by atoms with Crippen LogP contribution in [-0.4, -0.2) is 16.1 Å². The van der Waals surface area contributed by atoms with Gasteiger partial charge in [0.2, 0.25) is 0 Å². The Bertz CT molecular complexity index is 5220. The van der Waals surface area contributed by atoms with Gasteiger partial charge in [-0.05, 0) is 185 Å². The highest BCUT2D eigenvalue weighted by Crippen LogP contribution is 2.51. The van der Waals surface area contributed by atoms with E-state index in [9.17, 15) is 0 Å². The molecule has 18 rings (SSSR count). The average Bonchev–Trinajstić information content (AvgIpc) is 1.51. The zero-order valence-electron chi connectivity index (χ0n) is 49.7. The Morgan fingerprint density at radius 1 is 0.182 bits per heavy atom. The Hall–Kier alpha value is -10.2. The molecule has 0 aromatic heterocycles. The fourth-order valence-electron chi connectivity index (χ4n) is 16.6. The molecule has 88 heavy (non-hydrogen) atoms. The van der Waals surface area contributed by atoms with Crippen LogP contribution in [0.15, 0.2) is 291 Å². The molecule has 16 aromatic rings. The zero-order chi connectivity index (χ0) is 58.6. The van der Waals surface area contributed by atoms with E-state index < -0.39 is 16.1 Å². The Morgan fingerprint density at radius 2 is 0.432 bits per heavy atom. The molecule has 412 valence electrons. The van der Waals surface area contributed by atoms with Crippen LogP contribution in [0.25, 0.3) is 164 Å². The first kappa shape index (κ1) is 51.0. The van der Waals surface area contributed by atoms with E-state index in [0.717, 1.165) is 0 Å². The van der Waals surface area contributed by atoms with Gasteiger partial charge in [-0.15, -0.1) is 0 Å². The maximum Gasteiger partial charge on any atom is 0.113 e. The van der Waals surface area contributed by atoms with Gasteiger partial charge in [0.1, 0.15) is 16.1 Å². The van der Waals surface area contributed by atoms with Gasteiger partial charge >= 0.3 is 0 Å². The van der Waals surface area contributed by atoms with Crippen molar-refractivity contribution in [2.45, 2.75) is 26.2 Å². The fraction of sp³-hybridized carbons (Fsp3) is 0.0465. The molecule has 0 saturated heterocycles. The molecular weight excluding hydrogens is 1090 g/mol. The lowest BCUT2D eigenvalue weighted by molar-refractivity contribution is 1.63. The van der Waals surface area contributed by atoms with Crippen molar-refractivity contribution in [1.29, 1.82) is 0 Å². The van der Waals surface area contributed by atoms with Crippen LogP contribution in [0.3, 0.4) is 0 Å². The van der Waals surface area contributed by atoms with Gasteiger partial charge in [0.05, 0.1) is 0 Å².